The molecule has 0 aliphatic carbocycles. The summed E-state index contributed by atoms with van der Waals surface area (Å²) in [5.74, 6) is 0.211. The van der Waals surface area contributed by atoms with Crippen LogP contribution in [0.5, 0.6) is 17.2 Å². The van der Waals surface area contributed by atoms with Crippen LogP contribution in [0, 0.1) is 0 Å². The molecular weight excluding hydrogens is 582 g/mol. The number of esters is 1. The Morgan fingerprint density at radius 2 is 1.87 bits per heavy atom. The average molecular weight is 600 g/mol. The van der Waals surface area contributed by atoms with Crippen molar-refractivity contribution >= 4 is 63.8 Å². The van der Waals surface area contributed by atoms with Crippen molar-refractivity contribution in [2.45, 2.75) is 24.8 Å². The third-order valence-corrected chi connectivity index (χ3v) is 6.20. The molecule has 1 unspecified atom stereocenters. The van der Waals surface area contributed by atoms with Crippen molar-refractivity contribution in [1.29, 1.82) is 0 Å². The van der Waals surface area contributed by atoms with Crippen LogP contribution in [0.3, 0.4) is 0 Å². The molecule has 2 rings (SSSR count). The summed E-state index contributed by atoms with van der Waals surface area (Å²) in [5.41, 5.74) is 0.640. The van der Waals surface area contributed by atoms with Crippen molar-refractivity contribution in [2.75, 3.05) is 13.7 Å². The first-order valence-corrected chi connectivity index (χ1v) is 12.6. The van der Waals surface area contributed by atoms with Gasteiger partial charge in [-0.1, -0.05) is 5.16 Å². The Bertz CT molecular complexity index is 1070. The molecule has 31 heavy (non-hydrogen) atoms. The van der Waals surface area contributed by atoms with Crippen LogP contribution >= 0.6 is 42.5 Å². The van der Waals surface area contributed by atoms with Crippen molar-refractivity contribution in [2.24, 2.45) is 5.16 Å². The third-order valence-electron chi connectivity index (χ3n) is 3.68. The Labute approximate surface area is 201 Å². The zero-order chi connectivity index (χ0) is 23.2. The average Bonchev–Trinajstić information content (AvgIpc) is 2.70. The molecule has 0 spiro atoms. The minimum Gasteiger partial charge on any atom is -0.495 e. The summed E-state index contributed by atoms with van der Waals surface area (Å²) >= 11 is 6.81. The van der Waals surface area contributed by atoms with Gasteiger partial charge < -0.3 is 19.0 Å². The molecule has 0 amide bonds. The van der Waals surface area contributed by atoms with E-state index in [1.54, 1.807) is 25.1 Å². The Kier molecular flexibility index (Phi) is 9.16. The molecule has 0 bridgehead atoms. The molecular formula is C19H18Br2ClNO7S. The normalized spacial score (nSPS) is 12.5. The molecule has 0 aliphatic heterocycles. The van der Waals surface area contributed by atoms with E-state index in [1.807, 2.05) is 0 Å². The molecule has 2 aromatic carbocycles. The second-order valence-electron chi connectivity index (χ2n) is 5.90. The molecule has 0 aromatic heterocycles. The second-order valence-corrected chi connectivity index (χ2v) is 10.1. The zero-order valence-electron chi connectivity index (χ0n) is 16.6. The van der Waals surface area contributed by atoms with Crippen LogP contribution < -0.4 is 9.47 Å². The van der Waals surface area contributed by atoms with Gasteiger partial charge in [-0.2, -0.15) is 0 Å². The van der Waals surface area contributed by atoms with Crippen LogP contribution in [0.1, 0.15) is 19.4 Å². The molecule has 0 radical (unpaired) electrons. The topological polar surface area (TPSA) is 100 Å². The largest absolute Gasteiger partial charge is 0.495 e. The van der Waals surface area contributed by atoms with Gasteiger partial charge >= 0.3 is 5.97 Å². The number of hydrogen-bond donors (Lipinski definition) is 0. The number of benzene rings is 2. The lowest BCUT2D eigenvalue weighted by molar-refractivity contribution is -0.155. The standard InChI is InChI=1S/C19H18Br2ClNO7S/c1-4-28-19(24)11(2)30-23-10-12-7-14(20)18(15(21)8-12)29-13-5-6-16(27-3)17(9-13)31(22,25)26/h5-11H,4H2,1-3H3. The van der Waals surface area contributed by atoms with Gasteiger partial charge in [0.05, 0.1) is 28.9 Å². The van der Waals surface area contributed by atoms with E-state index in [1.165, 1.54) is 32.4 Å². The smallest absolute Gasteiger partial charge is 0.349 e. The van der Waals surface area contributed by atoms with Crippen LogP contribution in [-0.4, -0.2) is 40.4 Å². The molecule has 0 saturated carbocycles. The Morgan fingerprint density at radius 3 is 2.42 bits per heavy atom. The molecule has 12 heteroatoms. The first-order valence-electron chi connectivity index (χ1n) is 8.72. The highest BCUT2D eigenvalue weighted by Crippen LogP contribution is 2.39. The highest BCUT2D eigenvalue weighted by Gasteiger charge is 2.19. The van der Waals surface area contributed by atoms with Crippen LogP contribution in [0.15, 0.2) is 49.3 Å². The summed E-state index contributed by atoms with van der Waals surface area (Å²) in [5, 5.41) is 3.79. The molecule has 2 aromatic rings. The van der Waals surface area contributed by atoms with Gasteiger partial charge in [-0.15, -0.1) is 0 Å². The lowest BCUT2D eigenvalue weighted by atomic mass is 10.2. The van der Waals surface area contributed by atoms with Gasteiger partial charge in [0, 0.05) is 16.7 Å². The first kappa shape index (κ1) is 25.4. The van der Waals surface area contributed by atoms with E-state index < -0.39 is 21.1 Å². The van der Waals surface area contributed by atoms with Crippen LogP contribution in [-0.2, 0) is 23.4 Å². The van der Waals surface area contributed by atoms with E-state index in [4.69, 9.17) is 29.7 Å². The van der Waals surface area contributed by atoms with E-state index in [0.717, 1.165) is 0 Å². The SMILES string of the molecule is CCOC(=O)C(C)ON=Cc1cc(Br)c(Oc2ccc(OC)c(S(=O)(=O)Cl)c2)c(Br)c1. The molecule has 0 saturated heterocycles. The molecule has 168 valence electrons. The monoisotopic (exact) mass is 597 g/mol. The van der Waals surface area contributed by atoms with Crippen molar-refractivity contribution in [3.63, 3.8) is 0 Å². The number of halogens is 3. The van der Waals surface area contributed by atoms with Crippen molar-refractivity contribution < 1.29 is 32.3 Å². The van der Waals surface area contributed by atoms with Gasteiger partial charge in [-0.05, 0) is 75.5 Å². The summed E-state index contributed by atoms with van der Waals surface area (Å²) in [6.07, 6.45) is 0.578. The zero-order valence-corrected chi connectivity index (χ0v) is 21.3. The number of ether oxygens (including phenoxy) is 3. The maximum Gasteiger partial charge on any atom is 0.349 e. The number of rotatable bonds is 9. The fraction of sp³-hybridized carbons (Fsp3) is 0.263. The van der Waals surface area contributed by atoms with E-state index >= 15 is 0 Å². The summed E-state index contributed by atoms with van der Waals surface area (Å²) in [4.78, 5) is 16.4. The number of hydrogen-bond acceptors (Lipinski definition) is 8. The number of carbonyl (C=O) groups excluding carboxylic acids is 1. The Morgan fingerprint density at radius 1 is 1.23 bits per heavy atom. The third kappa shape index (κ3) is 7.09. The van der Waals surface area contributed by atoms with E-state index in [2.05, 4.69) is 37.0 Å². The number of carbonyl (C=O) groups is 1. The fourth-order valence-electron chi connectivity index (χ4n) is 2.27. The van der Waals surface area contributed by atoms with E-state index in [9.17, 15) is 13.2 Å². The van der Waals surface area contributed by atoms with Crippen molar-refractivity contribution in [3.8, 4) is 17.2 Å². The maximum atomic E-state index is 11.8. The van der Waals surface area contributed by atoms with Gasteiger partial charge in [0.25, 0.3) is 9.05 Å². The Balaban J connectivity index is 2.22. The maximum absolute atomic E-state index is 11.8. The summed E-state index contributed by atoms with van der Waals surface area (Å²) in [6, 6.07) is 7.65. The minimum absolute atomic E-state index is 0.101. The fourth-order valence-corrected chi connectivity index (χ4v) is 4.66. The highest BCUT2D eigenvalue weighted by molar-refractivity contribution is 9.11. The molecule has 8 nitrogen and oxygen atoms in total. The van der Waals surface area contributed by atoms with Gasteiger partial charge in [0.2, 0.25) is 6.10 Å². The molecule has 1 atom stereocenters. The van der Waals surface area contributed by atoms with Crippen molar-refractivity contribution in [1.82, 2.24) is 0 Å². The molecule has 0 N–H and O–H groups in total. The second kappa shape index (κ2) is 11.2. The van der Waals surface area contributed by atoms with Gasteiger partial charge in [0.1, 0.15) is 16.4 Å². The quantitative estimate of drug-likeness (QED) is 0.168. The summed E-state index contributed by atoms with van der Waals surface area (Å²) < 4.78 is 40.3. The lowest BCUT2D eigenvalue weighted by Crippen LogP contribution is -2.21. The predicted molar refractivity (Wildman–Crippen MR) is 123 cm³/mol. The van der Waals surface area contributed by atoms with Crippen molar-refractivity contribution in [3.05, 3.63) is 44.8 Å². The first-order chi connectivity index (χ1) is 14.6. The van der Waals surface area contributed by atoms with Crippen LogP contribution in [0.2, 0.25) is 0 Å². The molecule has 0 aliphatic rings. The van der Waals surface area contributed by atoms with E-state index in [-0.39, 0.29) is 23.0 Å². The molecule has 0 fully saturated rings. The van der Waals surface area contributed by atoms with Gasteiger partial charge in [0.15, 0.2) is 5.75 Å². The predicted octanol–water partition coefficient (Wildman–Crippen LogP) is 5.24. The van der Waals surface area contributed by atoms with E-state index in [0.29, 0.717) is 20.3 Å². The summed E-state index contributed by atoms with van der Waals surface area (Å²) in [6.45, 7) is 3.49. The molecule has 0 heterocycles. The minimum atomic E-state index is -4.04. The summed E-state index contributed by atoms with van der Waals surface area (Å²) in [7, 11) is 2.78. The Hall–Kier alpha value is -1.82. The number of oxime groups is 1. The lowest BCUT2D eigenvalue weighted by Gasteiger charge is -2.13. The van der Waals surface area contributed by atoms with Gasteiger partial charge in [-0.3, -0.25) is 0 Å². The highest BCUT2D eigenvalue weighted by atomic mass is 79.9. The van der Waals surface area contributed by atoms with Gasteiger partial charge in [-0.25, -0.2) is 13.2 Å². The number of methoxy groups -OCH3 is 1. The van der Waals surface area contributed by atoms with Crippen LogP contribution in [0.25, 0.3) is 0 Å². The number of nitrogens with zero attached hydrogens (tertiary/aromatic N) is 1. The van der Waals surface area contributed by atoms with Crippen LogP contribution in [0.4, 0.5) is 0 Å².